The van der Waals surface area contributed by atoms with E-state index in [1.165, 1.54) is 0 Å². The van der Waals surface area contributed by atoms with Gasteiger partial charge in [0.2, 0.25) is 11.9 Å². The molecule has 2 aromatic rings. The SMILES string of the molecule is CNc1nc(NCc2cccc(Cl)c2)nc(OC(C)C)n1. The third-order valence-electron chi connectivity index (χ3n) is 2.52. The number of nitrogens with one attached hydrogen (secondary N) is 2. The van der Waals surface area contributed by atoms with E-state index in [0.717, 1.165) is 5.56 Å². The highest BCUT2D eigenvalue weighted by molar-refractivity contribution is 6.30. The van der Waals surface area contributed by atoms with Crippen LogP contribution in [-0.2, 0) is 6.54 Å². The second-order valence-corrected chi connectivity index (χ2v) is 5.10. The first-order valence-corrected chi connectivity index (χ1v) is 7.03. The van der Waals surface area contributed by atoms with Gasteiger partial charge in [-0.05, 0) is 31.5 Å². The van der Waals surface area contributed by atoms with Crippen molar-refractivity contribution in [3.63, 3.8) is 0 Å². The molecule has 0 unspecified atom stereocenters. The molecule has 21 heavy (non-hydrogen) atoms. The topological polar surface area (TPSA) is 72.0 Å². The van der Waals surface area contributed by atoms with Gasteiger partial charge in [0.15, 0.2) is 0 Å². The summed E-state index contributed by atoms with van der Waals surface area (Å²) in [7, 11) is 1.75. The van der Waals surface area contributed by atoms with Crippen molar-refractivity contribution in [3.05, 3.63) is 34.9 Å². The predicted molar refractivity (Wildman–Crippen MR) is 83.9 cm³/mol. The second kappa shape index (κ2) is 7.08. The summed E-state index contributed by atoms with van der Waals surface area (Å²) in [5, 5.41) is 6.72. The van der Waals surface area contributed by atoms with Gasteiger partial charge < -0.3 is 15.4 Å². The van der Waals surface area contributed by atoms with Crippen LogP contribution in [0, 0.1) is 0 Å². The number of hydrogen-bond donors (Lipinski definition) is 2. The maximum atomic E-state index is 5.96. The van der Waals surface area contributed by atoms with Crippen LogP contribution in [0.4, 0.5) is 11.9 Å². The molecule has 1 aromatic carbocycles. The smallest absolute Gasteiger partial charge is 0.323 e. The Morgan fingerprint density at radius 1 is 1.19 bits per heavy atom. The van der Waals surface area contributed by atoms with Crippen molar-refractivity contribution in [3.8, 4) is 6.01 Å². The molecule has 0 saturated carbocycles. The van der Waals surface area contributed by atoms with Crippen molar-refractivity contribution in [2.75, 3.05) is 17.7 Å². The maximum Gasteiger partial charge on any atom is 0.323 e. The van der Waals surface area contributed by atoms with Crippen LogP contribution in [0.2, 0.25) is 5.02 Å². The molecule has 0 fully saturated rings. The van der Waals surface area contributed by atoms with Crippen LogP contribution in [0.25, 0.3) is 0 Å². The zero-order valence-electron chi connectivity index (χ0n) is 12.2. The molecule has 7 heteroatoms. The van der Waals surface area contributed by atoms with Gasteiger partial charge in [0.25, 0.3) is 0 Å². The van der Waals surface area contributed by atoms with E-state index >= 15 is 0 Å². The highest BCUT2D eigenvalue weighted by Gasteiger charge is 2.08. The van der Waals surface area contributed by atoms with Crippen LogP contribution < -0.4 is 15.4 Å². The average molecular weight is 308 g/mol. The number of rotatable bonds is 6. The van der Waals surface area contributed by atoms with Crippen molar-refractivity contribution < 1.29 is 4.74 Å². The number of aromatic nitrogens is 3. The standard InChI is InChI=1S/C14H18ClN5O/c1-9(2)21-14-19-12(16-3)18-13(20-14)17-8-10-5-4-6-11(15)7-10/h4-7,9H,8H2,1-3H3,(H2,16,17,18,19,20). The van der Waals surface area contributed by atoms with E-state index < -0.39 is 0 Å². The normalized spacial score (nSPS) is 10.5. The molecular formula is C14H18ClN5O. The molecule has 0 aliphatic carbocycles. The summed E-state index contributed by atoms with van der Waals surface area (Å²) < 4.78 is 5.51. The van der Waals surface area contributed by atoms with Crippen LogP contribution in [0.15, 0.2) is 24.3 Å². The Balaban J connectivity index is 2.11. The summed E-state index contributed by atoms with van der Waals surface area (Å²) in [5.74, 6) is 0.902. The van der Waals surface area contributed by atoms with Gasteiger partial charge in [-0.2, -0.15) is 15.0 Å². The molecule has 0 radical (unpaired) electrons. The van der Waals surface area contributed by atoms with Crippen LogP contribution in [0.1, 0.15) is 19.4 Å². The van der Waals surface area contributed by atoms with E-state index in [2.05, 4.69) is 25.6 Å². The predicted octanol–water partition coefficient (Wildman–Crippen LogP) is 2.97. The minimum Gasteiger partial charge on any atom is -0.461 e. The largest absolute Gasteiger partial charge is 0.461 e. The number of hydrogen-bond acceptors (Lipinski definition) is 6. The lowest BCUT2D eigenvalue weighted by atomic mass is 10.2. The summed E-state index contributed by atoms with van der Waals surface area (Å²) in [6.45, 7) is 4.40. The summed E-state index contributed by atoms with van der Waals surface area (Å²) in [6, 6.07) is 7.89. The van der Waals surface area contributed by atoms with Gasteiger partial charge in [-0.1, -0.05) is 23.7 Å². The molecule has 0 amide bonds. The molecule has 6 nitrogen and oxygen atoms in total. The molecule has 2 rings (SSSR count). The monoisotopic (exact) mass is 307 g/mol. The Labute approximate surface area is 128 Å². The van der Waals surface area contributed by atoms with Crippen molar-refractivity contribution in [2.45, 2.75) is 26.5 Å². The molecule has 2 N–H and O–H groups in total. The van der Waals surface area contributed by atoms with Gasteiger partial charge in [-0.25, -0.2) is 0 Å². The molecule has 0 saturated heterocycles. The number of nitrogens with zero attached hydrogens (tertiary/aromatic N) is 3. The Kier molecular flexibility index (Phi) is 5.16. The van der Waals surface area contributed by atoms with Gasteiger partial charge >= 0.3 is 6.01 Å². The third kappa shape index (κ3) is 4.75. The molecule has 1 aromatic heterocycles. The van der Waals surface area contributed by atoms with Gasteiger partial charge in [-0.3, -0.25) is 0 Å². The van der Waals surface area contributed by atoms with Crippen molar-refractivity contribution >= 4 is 23.5 Å². The Morgan fingerprint density at radius 2 is 1.95 bits per heavy atom. The highest BCUT2D eigenvalue weighted by Crippen LogP contribution is 2.15. The summed E-state index contributed by atoms with van der Waals surface area (Å²) in [4.78, 5) is 12.6. The zero-order chi connectivity index (χ0) is 15.2. The molecule has 0 bridgehead atoms. The first kappa shape index (κ1) is 15.3. The number of anilines is 2. The van der Waals surface area contributed by atoms with E-state index in [-0.39, 0.29) is 12.1 Å². The van der Waals surface area contributed by atoms with Gasteiger partial charge in [-0.15, -0.1) is 0 Å². The van der Waals surface area contributed by atoms with Crippen molar-refractivity contribution in [1.82, 2.24) is 15.0 Å². The first-order valence-electron chi connectivity index (χ1n) is 6.65. The van der Waals surface area contributed by atoms with Crippen LogP contribution >= 0.6 is 11.6 Å². The summed E-state index contributed by atoms with van der Waals surface area (Å²) in [6.07, 6.45) is -0.00196. The highest BCUT2D eigenvalue weighted by atomic mass is 35.5. The lowest BCUT2D eigenvalue weighted by molar-refractivity contribution is 0.222. The van der Waals surface area contributed by atoms with E-state index in [1.54, 1.807) is 7.05 Å². The minimum absolute atomic E-state index is 0.00196. The summed E-state index contributed by atoms with van der Waals surface area (Å²) >= 11 is 5.96. The van der Waals surface area contributed by atoms with Crippen molar-refractivity contribution in [2.24, 2.45) is 0 Å². The fraction of sp³-hybridized carbons (Fsp3) is 0.357. The van der Waals surface area contributed by atoms with E-state index in [0.29, 0.717) is 23.5 Å². The van der Waals surface area contributed by atoms with Crippen molar-refractivity contribution in [1.29, 1.82) is 0 Å². The van der Waals surface area contributed by atoms with E-state index in [1.807, 2.05) is 38.1 Å². The molecule has 0 spiro atoms. The average Bonchev–Trinajstić information content (AvgIpc) is 2.44. The lowest BCUT2D eigenvalue weighted by Gasteiger charge is -2.11. The van der Waals surface area contributed by atoms with Crippen LogP contribution in [0.3, 0.4) is 0 Å². The number of benzene rings is 1. The first-order chi connectivity index (χ1) is 10.1. The van der Waals surface area contributed by atoms with Crippen LogP contribution in [-0.4, -0.2) is 28.1 Å². The van der Waals surface area contributed by atoms with Gasteiger partial charge in [0.1, 0.15) is 0 Å². The van der Waals surface area contributed by atoms with Crippen LogP contribution in [0.5, 0.6) is 6.01 Å². The van der Waals surface area contributed by atoms with E-state index in [4.69, 9.17) is 16.3 Å². The fourth-order valence-corrected chi connectivity index (χ4v) is 1.85. The van der Waals surface area contributed by atoms with E-state index in [9.17, 15) is 0 Å². The second-order valence-electron chi connectivity index (χ2n) is 4.67. The fourth-order valence-electron chi connectivity index (χ4n) is 1.64. The molecule has 112 valence electrons. The number of ether oxygens (including phenoxy) is 1. The molecule has 0 aliphatic heterocycles. The zero-order valence-corrected chi connectivity index (χ0v) is 13.0. The van der Waals surface area contributed by atoms with Gasteiger partial charge in [0, 0.05) is 18.6 Å². The van der Waals surface area contributed by atoms with Gasteiger partial charge in [0.05, 0.1) is 6.10 Å². The molecule has 0 atom stereocenters. The maximum absolute atomic E-state index is 5.96. The molecule has 0 aliphatic rings. The number of halogens is 1. The quantitative estimate of drug-likeness (QED) is 0.855. The summed E-state index contributed by atoms with van der Waals surface area (Å²) in [5.41, 5.74) is 1.04. The molecule has 1 heterocycles. The Bertz CT molecular complexity index is 606. The Morgan fingerprint density at radius 3 is 2.62 bits per heavy atom. The third-order valence-corrected chi connectivity index (χ3v) is 2.75. The Hall–Kier alpha value is -2.08. The minimum atomic E-state index is -0.00196. The lowest BCUT2D eigenvalue weighted by Crippen LogP contribution is -2.13. The molecular weight excluding hydrogens is 290 g/mol.